The lowest BCUT2D eigenvalue weighted by Gasteiger charge is -2.18. The Bertz CT molecular complexity index is 1270. The fourth-order valence-corrected chi connectivity index (χ4v) is 4.10. The molecule has 0 heterocycles. The maximum Gasteiger partial charge on any atom is 0.335 e. The Morgan fingerprint density at radius 1 is 0.857 bits per heavy atom. The van der Waals surface area contributed by atoms with Crippen LogP contribution in [0.25, 0.3) is 0 Å². The van der Waals surface area contributed by atoms with Crippen LogP contribution in [0.5, 0.6) is 0 Å². The number of thioether (sulfide) groups is 1. The van der Waals surface area contributed by atoms with E-state index in [4.69, 9.17) is 5.11 Å². The summed E-state index contributed by atoms with van der Waals surface area (Å²) in [4.78, 5) is 47.7. The van der Waals surface area contributed by atoms with E-state index in [2.05, 4.69) is 10.6 Å². The van der Waals surface area contributed by atoms with E-state index < -0.39 is 23.1 Å². The molecule has 8 nitrogen and oxygen atoms in total. The zero-order chi connectivity index (χ0) is 25.4. The SMILES string of the molecule is Cc1ccc(C(=O)O)cc1NC(=O)C(Sc1ccc(NC(=O)/C=C/C(=O)O)cc1)c1ccccc1. The number of carboxylic acids is 2. The van der Waals surface area contributed by atoms with E-state index in [-0.39, 0.29) is 11.5 Å². The molecule has 1 atom stereocenters. The van der Waals surface area contributed by atoms with Crippen molar-refractivity contribution >= 4 is 46.9 Å². The van der Waals surface area contributed by atoms with E-state index in [0.29, 0.717) is 11.4 Å². The van der Waals surface area contributed by atoms with Crippen molar-refractivity contribution in [1.82, 2.24) is 0 Å². The van der Waals surface area contributed by atoms with Gasteiger partial charge >= 0.3 is 11.9 Å². The van der Waals surface area contributed by atoms with E-state index in [1.807, 2.05) is 30.3 Å². The minimum absolute atomic E-state index is 0.0747. The molecule has 0 saturated carbocycles. The van der Waals surface area contributed by atoms with Gasteiger partial charge in [0.05, 0.1) is 5.56 Å². The van der Waals surface area contributed by atoms with Crippen molar-refractivity contribution in [3.63, 3.8) is 0 Å². The Kier molecular flexibility index (Phi) is 8.42. The van der Waals surface area contributed by atoms with Crippen molar-refractivity contribution in [2.24, 2.45) is 0 Å². The van der Waals surface area contributed by atoms with E-state index >= 15 is 0 Å². The van der Waals surface area contributed by atoms with Crippen LogP contribution in [0.1, 0.15) is 26.7 Å². The predicted molar refractivity (Wildman–Crippen MR) is 134 cm³/mol. The smallest absolute Gasteiger partial charge is 0.335 e. The van der Waals surface area contributed by atoms with Crippen molar-refractivity contribution in [2.45, 2.75) is 17.1 Å². The van der Waals surface area contributed by atoms with Gasteiger partial charge in [0.1, 0.15) is 5.25 Å². The summed E-state index contributed by atoms with van der Waals surface area (Å²) in [7, 11) is 0. The number of anilines is 2. The van der Waals surface area contributed by atoms with Crippen molar-refractivity contribution < 1.29 is 29.4 Å². The average molecular weight is 491 g/mol. The molecular formula is C26H22N2O6S. The molecule has 0 aromatic heterocycles. The largest absolute Gasteiger partial charge is 0.478 e. The first-order chi connectivity index (χ1) is 16.7. The first-order valence-corrected chi connectivity index (χ1v) is 11.3. The molecule has 0 aliphatic rings. The predicted octanol–water partition coefficient (Wildman–Crippen LogP) is 4.74. The second-order valence-corrected chi connectivity index (χ2v) is 8.60. The van der Waals surface area contributed by atoms with Gasteiger partial charge in [-0.15, -0.1) is 11.8 Å². The lowest BCUT2D eigenvalue weighted by molar-refractivity contribution is -0.131. The van der Waals surface area contributed by atoms with Crippen LogP contribution in [-0.4, -0.2) is 34.0 Å². The normalized spacial score (nSPS) is 11.6. The minimum Gasteiger partial charge on any atom is -0.478 e. The quantitative estimate of drug-likeness (QED) is 0.251. The number of aromatic carboxylic acids is 1. The molecule has 0 spiro atoms. The topological polar surface area (TPSA) is 133 Å². The third-order valence-electron chi connectivity index (χ3n) is 4.84. The van der Waals surface area contributed by atoms with Crippen molar-refractivity contribution in [2.75, 3.05) is 10.6 Å². The van der Waals surface area contributed by atoms with Gasteiger partial charge in [-0.2, -0.15) is 0 Å². The summed E-state index contributed by atoms with van der Waals surface area (Å²) in [6, 6.07) is 20.5. The fourth-order valence-electron chi connectivity index (χ4n) is 3.07. The highest BCUT2D eigenvalue weighted by molar-refractivity contribution is 8.00. The van der Waals surface area contributed by atoms with Crippen LogP contribution in [0.3, 0.4) is 0 Å². The van der Waals surface area contributed by atoms with Gasteiger partial charge < -0.3 is 20.8 Å². The number of nitrogens with one attached hydrogen (secondary N) is 2. The zero-order valence-electron chi connectivity index (χ0n) is 18.6. The van der Waals surface area contributed by atoms with Crippen molar-refractivity contribution in [1.29, 1.82) is 0 Å². The van der Waals surface area contributed by atoms with E-state index in [9.17, 15) is 24.3 Å². The Labute approximate surface area is 205 Å². The number of amides is 2. The summed E-state index contributed by atoms with van der Waals surface area (Å²) < 4.78 is 0. The summed E-state index contributed by atoms with van der Waals surface area (Å²) in [5, 5.41) is 22.7. The van der Waals surface area contributed by atoms with Gasteiger partial charge in [-0.3, -0.25) is 9.59 Å². The van der Waals surface area contributed by atoms with Crippen LogP contribution in [-0.2, 0) is 14.4 Å². The molecule has 4 N–H and O–H groups in total. The van der Waals surface area contributed by atoms with Crippen LogP contribution in [0.15, 0.2) is 89.8 Å². The molecule has 9 heteroatoms. The molecule has 0 aliphatic heterocycles. The van der Waals surface area contributed by atoms with Crippen LogP contribution in [0, 0.1) is 6.92 Å². The third kappa shape index (κ3) is 7.31. The molecule has 0 bridgehead atoms. The summed E-state index contributed by atoms with van der Waals surface area (Å²) in [6.07, 6.45) is 1.67. The first-order valence-electron chi connectivity index (χ1n) is 10.4. The van der Waals surface area contributed by atoms with E-state index in [0.717, 1.165) is 28.2 Å². The number of hydrogen-bond donors (Lipinski definition) is 4. The van der Waals surface area contributed by atoms with Gasteiger partial charge in [0, 0.05) is 28.4 Å². The Hall–Kier alpha value is -4.37. The number of hydrogen-bond acceptors (Lipinski definition) is 5. The van der Waals surface area contributed by atoms with Gasteiger partial charge in [0.15, 0.2) is 0 Å². The second-order valence-electron chi connectivity index (χ2n) is 7.42. The van der Waals surface area contributed by atoms with Gasteiger partial charge in [-0.1, -0.05) is 36.4 Å². The Morgan fingerprint density at radius 2 is 1.54 bits per heavy atom. The van der Waals surface area contributed by atoms with Gasteiger partial charge in [-0.25, -0.2) is 9.59 Å². The molecule has 3 aromatic rings. The number of aliphatic carboxylic acids is 1. The minimum atomic E-state index is -1.22. The number of carbonyl (C=O) groups is 4. The van der Waals surface area contributed by atoms with Crippen molar-refractivity contribution in [3.8, 4) is 0 Å². The van der Waals surface area contributed by atoms with Crippen LogP contribution in [0.2, 0.25) is 0 Å². The Morgan fingerprint density at radius 3 is 2.17 bits per heavy atom. The highest BCUT2D eigenvalue weighted by atomic mass is 32.2. The number of aryl methyl sites for hydroxylation is 1. The van der Waals surface area contributed by atoms with Crippen LogP contribution >= 0.6 is 11.8 Å². The maximum atomic E-state index is 13.3. The van der Waals surface area contributed by atoms with Gasteiger partial charge in [-0.05, 0) is 54.4 Å². The lowest BCUT2D eigenvalue weighted by atomic mass is 10.1. The monoisotopic (exact) mass is 490 g/mol. The number of carboxylic acid groups (broad SMARTS) is 2. The van der Waals surface area contributed by atoms with E-state index in [1.165, 1.54) is 23.9 Å². The van der Waals surface area contributed by atoms with Crippen molar-refractivity contribution in [3.05, 3.63) is 102 Å². The maximum absolute atomic E-state index is 13.3. The van der Waals surface area contributed by atoms with Crippen LogP contribution < -0.4 is 10.6 Å². The molecule has 3 aromatic carbocycles. The molecule has 1 unspecified atom stereocenters. The van der Waals surface area contributed by atoms with Gasteiger partial charge in [0.2, 0.25) is 11.8 Å². The third-order valence-corrected chi connectivity index (χ3v) is 6.10. The average Bonchev–Trinajstić information content (AvgIpc) is 2.84. The summed E-state index contributed by atoms with van der Waals surface area (Å²) in [5.41, 5.74) is 2.46. The molecule has 0 saturated heterocycles. The number of rotatable bonds is 9. The molecule has 0 radical (unpaired) electrons. The fraction of sp³-hybridized carbons (Fsp3) is 0.0769. The highest BCUT2D eigenvalue weighted by Crippen LogP contribution is 2.37. The highest BCUT2D eigenvalue weighted by Gasteiger charge is 2.23. The first kappa shape index (κ1) is 25.3. The molecular weight excluding hydrogens is 468 g/mol. The number of carbonyl (C=O) groups excluding carboxylic acids is 2. The molecule has 35 heavy (non-hydrogen) atoms. The molecule has 3 rings (SSSR count). The molecule has 0 aliphatic carbocycles. The van der Waals surface area contributed by atoms with Gasteiger partial charge in [0.25, 0.3) is 0 Å². The number of benzene rings is 3. The summed E-state index contributed by atoms with van der Waals surface area (Å²) in [6.45, 7) is 1.78. The summed E-state index contributed by atoms with van der Waals surface area (Å²) >= 11 is 1.29. The molecule has 178 valence electrons. The van der Waals surface area contributed by atoms with E-state index in [1.54, 1.807) is 37.3 Å². The summed E-state index contributed by atoms with van der Waals surface area (Å²) in [5.74, 6) is -3.20. The molecule has 2 amide bonds. The lowest BCUT2D eigenvalue weighted by Crippen LogP contribution is -2.20. The Balaban J connectivity index is 1.79. The molecule has 0 fully saturated rings. The van der Waals surface area contributed by atoms with Crippen LogP contribution in [0.4, 0.5) is 11.4 Å². The zero-order valence-corrected chi connectivity index (χ0v) is 19.4. The standard InChI is InChI=1S/C26H22N2O6S/c1-16-7-8-18(26(33)34)15-21(16)28-25(32)24(17-5-3-2-4-6-17)35-20-11-9-19(10-12-20)27-22(29)13-14-23(30)31/h2-15,24H,1H3,(H,27,29)(H,28,32)(H,30,31)(H,33,34)/b14-13+. The second kappa shape index (κ2) is 11.7.